The van der Waals surface area contributed by atoms with Gasteiger partial charge in [0.05, 0.1) is 5.56 Å². The maximum absolute atomic E-state index is 10.9. The number of rotatable bonds is 4. The van der Waals surface area contributed by atoms with Crippen molar-refractivity contribution in [2.45, 2.75) is 19.3 Å². The van der Waals surface area contributed by atoms with E-state index in [0.29, 0.717) is 11.5 Å². The van der Waals surface area contributed by atoms with Crippen LogP contribution in [0.25, 0.3) is 11.1 Å². The summed E-state index contributed by atoms with van der Waals surface area (Å²) in [6.45, 7) is 3.27. The smallest absolute Gasteiger partial charge is 0.335 e. The summed E-state index contributed by atoms with van der Waals surface area (Å²) in [6.07, 6.45) is 3.32. The first kappa shape index (κ1) is 12.2. The van der Waals surface area contributed by atoms with E-state index in [9.17, 15) is 4.79 Å². The molecule has 5 nitrogen and oxygen atoms in total. The van der Waals surface area contributed by atoms with Gasteiger partial charge in [0.2, 0.25) is 0 Å². The predicted molar refractivity (Wildman–Crippen MR) is 70.3 cm³/mol. The number of nitrogens with zero attached hydrogens (tertiary/aromatic N) is 2. The second kappa shape index (κ2) is 5.01. The first-order valence-electron chi connectivity index (χ1n) is 6.57. The average Bonchev–Trinajstić information content (AvgIpc) is 3.04. The maximum atomic E-state index is 10.9. The number of likely N-dealkylation sites (tertiary alicyclic amines) is 1. The van der Waals surface area contributed by atoms with Gasteiger partial charge in [-0.3, -0.25) is 0 Å². The molecule has 1 N–H and O–H groups in total. The Kier molecular flexibility index (Phi) is 3.21. The molecule has 1 aromatic carbocycles. The van der Waals surface area contributed by atoms with Crippen LogP contribution < -0.4 is 0 Å². The highest BCUT2D eigenvalue weighted by Gasteiger charge is 2.14. The third-order valence-electron chi connectivity index (χ3n) is 3.52. The number of carboxylic acids is 1. The number of hydrogen-bond donors (Lipinski definition) is 1. The van der Waals surface area contributed by atoms with E-state index in [1.54, 1.807) is 12.1 Å². The standard InChI is InChI=1S/C14H16N2O3/c17-14(18)10-3-4-11-12(9-10)19-13(15-11)5-8-16-6-1-2-7-16/h3-4,9H,1-2,5-8H2,(H,17,18). The van der Waals surface area contributed by atoms with Crippen molar-refractivity contribution in [2.24, 2.45) is 0 Å². The quantitative estimate of drug-likeness (QED) is 0.912. The Morgan fingerprint density at radius 2 is 2.16 bits per heavy atom. The third kappa shape index (κ3) is 2.61. The van der Waals surface area contributed by atoms with Crippen molar-refractivity contribution >= 4 is 17.1 Å². The summed E-state index contributed by atoms with van der Waals surface area (Å²) in [5.41, 5.74) is 1.51. The lowest BCUT2D eigenvalue weighted by Crippen LogP contribution is -2.21. The van der Waals surface area contributed by atoms with Crippen molar-refractivity contribution in [3.63, 3.8) is 0 Å². The summed E-state index contributed by atoms with van der Waals surface area (Å²) in [6, 6.07) is 4.78. The van der Waals surface area contributed by atoms with Crippen LogP contribution in [0, 0.1) is 0 Å². The largest absolute Gasteiger partial charge is 0.478 e. The van der Waals surface area contributed by atoms with Gasteiger partial charge in [-0.1, -0.05) is 0 Å². The van der Waals surface area contributed by atoms with Gasteiger partial charge in [-0.05, 0) is 44.1 Å². The third-order valence-corrected chi connectivity index (χ3v) is 3.52. The van der Waals surface area contributed by atoms with E-state index in [4.69, 9.17) is 9.52 Å². The highest BCUT2D eigenvalue weighted by Crippen LogP contribution is 2.18. The lowest BCUT2D eigenvalue weighted by atomic mass is 10.2. The van der Waals surface area contributed by atoms with Crippen LogP contribution in [-0.2, 0) is 6.42 Å². The normalized spacial score (nSPS) is 16.2. The Hall–Kier alpha value is -1.88. The van der Waals surface area contributed by atoms with Crippen molar-refractivity contribution in [1.82, 2.24) is 9.88 Å². The van der Waals surface area contributed by atoms with Gasteiger partial charge in [-0.2, -0.15) is 0 Å². The van der Waals surface area contributed by atoms with Crippen molar-refractivity contribution in [3.8, 4) is 0 Å². The van der Waals surface area contributed by atoms with E-state index >= 15 is 0 Å². The van der Waals surface area contributed by atoms with Crippen LogP contribution in [0.15, 0.2) is 22.6 Å². The Labute approximate surface area is 110 Å². The fourth-order valence-electron chi connectivity index (χ4n) is 2.47. The van der Waals surface area contributed by atoms with Crippen LogP contribution in [0.1, 0.15) is 29.1 Å². The number of benzene rings is 1. The number of carboxylic acid groups (broad SMARTS) is 1. The minimum Gasteiger partial charge on any atom is -0.478 e. The van der Waals surface area contributed by atoms with Gasteiger partial charge in [0.1, 0.15) is 5.52 Å². The molecule has 0 unspecified atom stereocenters. The SMILES string of the molecule is O=C(O)c1ccc2nc(CCN3CCCC3)oc2c1. The Morgan fingerprint density at radius 3 is 2.89 bits per heavy atom. The number of carbonyl (C=O) groups is 1. The van der Waals surface area contributed by atoms with Gasteiger partial charge in [-0.25, -0.2) is 9.78 Å². The second-order valence-electron chi connectivity index (χ2n) is 4.89. The van der Waals surface area contributed by atoms with Gasteiger partial charge in [-0.15, -0.1) is 0 Å². The molecule has 0 aliphatic carbocycles. The minimum atomic E-state index is -0.947. The van der Waals surface area contributed by atoms with Gasteiger partial charge < -0.3 is 14.4 Å². The molecule has 1 saturated heterocycles. The molecule has 2 aromatic rings. The molecule has 1 aromatic heterocycles. The van der Waals surface area contributed by atoms with E-state index in [1.807, 2.05) is 0 Å². The van der Waals surface area contributed by atoms with Gasteiger partial charge in [0.15, 0.2) is 11.5 Å². The molecule has 100 valence electrons. The summed E-state index contributed by atoms with van der Waals surface area (Å²) >= 11 is 0. The van der Waals surface area contributed by atoms with E-state index in [2.05, 4.69) is 9.88 Å². The minimum absolute atomic E-state index is 0.231. The van der Waals surface area contributed by atoms with Crippen molar-refractivity contribution in [2.75, 3.05) is 19.6 Å². The Bertz CT molecular complexity index is 600. The molecule has 3 rings (SSSR count). The van der Waals surface area contributed by atoms with Gasteiger partial charge in [0.25, 0.3) is 0 Å². The summed E-state index contributed by atoms with van der Waals surface area (Å²) in [5, 5.41) is 8.93. The van der Waals surface area contributed by atoms with Crippen molar-refractivity contribution < 1.29 is 14.3 Å². The lowest BCUT2D eigenvalue weighted by molar-refractivity contribution is 0.0697. The molecule has 2 heterocycles. The zero-order valence-corrected chi connectivity index (χ0v) is 10.6. The second-order valence-corrected chi connectivity index (χ2v) is 4.89. The molecular formula is C14H16N2O3. The van der Waals surface area contributed by atoms with Crippen molar-refractivity contribution in [3.05, 3.63) is 29.7 Å². The molecule has 0 amide bonds. The van der Waals surface area contributed by atoms with Crippen LogP contribution in [0.3, 0.4) is 0 Å². The number of oxazole rings is 1. The molecule has 0 atom stereocenters. The molecule has 5 heteroatoms. The topological polar surface area (TPSA) is 66.6 Å². The highest BCUT2D eigenvalue weighted by atomic mass is 16.4. The van der Waals surface area contributed by atoms with Crippen LogP contribution in [-0.4, -0.2) is 40.6 Å². The molecular weight excluding hydrogens is 244 g/mol. The number of aromatic carboxylic acids is 1. The summed E-state index contributed by atoms with van der Waals surface area (Å²) in [4.78, 5) is 17.7. The number of hydrogen-bond acceptors (Lipinski definition) is 4. The lowest BCUT2D eigenvalue weighted by Gasteiger charge is -2.12. The molecule has 19 heavy (non-hydrogen) atoms. The van der Waals surface area contributed by atoms with Crippen LogP contribution in [0.4, 0.5) is 0 Å². The maximum Gasteiger partial charge on any atom is 0.335 e. The predicted octanol–water partition coefficient (Wildman–Crippen LogP) is 2.16. The first-order chi connectivity index (χ1) is 9.22. The van der Waals surface area contributed by atoms with Crippen LogP contribution in [0.5, 0.6) is 0 Å². The highest BCUT2D eigenvalue weighted by molar-refractivity contribution is 5.91. The Balaban J connectivity index is 1.75. The van der Waals surface area contributed by atoms with Crippen LogP contribution in [0.2, 0.25) is 0 Å². The van der Waals surface area contributed by atoms with Crippen LogP contribution >= 0.6 is 0 Å². The average molecular weight is 260 g/mol. The number of fused-ring (bicyclic) bond motifs is 1. The molecule has 1 aliphatic rings. The van der Waals surface area contributed by atoms with Gasteiger partial charge in [0, 0.05) is 13.0 Å². The molecule has 1 aliphatic heterocycles. The summed E-state index contributed by atoms with van der Waals surface area (Å²) < 4.78 is 5.62. The van der Waals surface area contributed by atoms with E-state index < -0.39 is 5.97 Å². The summed E-state index contributed by atoms with van der Waals surface area (Å²) in [5.74, 6) is -0.263. The molecule has 0 bridgehead atoms. The van der Waals surface area contributed by atoms with E-state index in [-0.39, 0.29) is 5.56 Å². The Morgan fingerprint density at radius 1 is 1.37 bits per heavy atom. The molecule has 1 fully saturated rings. The monoisotopic (exact) mass is 260 g/mol. The fraction of sp³-hybridized carbons (Fsp3) is 0.429. The number of aromatic nitrogens is 1. The zero-order valence-electron chi connectivity index (χ0n) is 10.6. The first-order valence-corrected chi connectivity index (χ1v) is 6.57. The molecule has 0 saturated carbocycles. The summed E-state index contributed by atoms with van der Waals surface area (Å²) in [7, 11) is 0. The molecule has 0 radical (unpaired) electrons. The fourth-order valence-corrected chi connectivity index (χ4v) is 2.47. The van der Waals surface area contributed by atoms with E-state index in [0.717, 1.165) is 31.6 Å². The van der Waals surface area contributed by atoms with Gasteiger partial charge >= 0.3 is 5.97 Å². The van der Waals surface area contributed by atoms with E-state index in [1.165, 1.54) is 18.9 Å². The van der Waals surface area contributed by atoms with Crippen molar-refractivity contribution in [1.29, 1.82) is 0 Å². The molecule has 0 spiro atoms. The zero-order chi connectivity index (χ0) is 13.2.